The van der Waals surface area contributed by atoms with Crippen molar-refractivity contribution in [1.82, 2.24) is 20.4 Å². The van der Waals surface area contributed by atoms with Gasteiger partial charge in [0.05, 0.1) is 5.75 Å². The van der Waals surface area contributed by atoms with Crippen molar-refractivity contribution in [3.63, 3.8) is 0 Å². The van der Waals surface area contributed by atoms with Gasteiger partial charge in [-0.1, -0.05) is 49.3 Å². The minimum Gasteiger partial charge on any atom is -0.358 e. The molecule has 1 saturated heterocycles. The molecular weight excluding hydrogens is 386 g/mol. The van der Waals surface area contributed by atoms with E-state index >= 15 is 0 Å². The Hall–Kier alpha value is -1.68. The summed E-state index contributed by atoms with van der Waals surface area (Å²) < 4.78 is 0.694. The van der Waals surface area contributed by atoms with Gasteiger partial charge in [0, 0.05) is 6.04 Å². The summed E-state index contributed by atoms with van der Waals surface area (Å²) >= 11 is 2.70. The van der Waals surface area contributed by atoms with E-state index in [2.05, 4.69) is 34.7 Å². The Balaban J connectivity index is 1.65. The van der Waals surface area contributed by atoms with Crippen LogP contribution in [0, 0.1) is 0 Å². The highest BCUT2D eigenvalue weighted by molar-refractivity contribution is 8.01. The number of imide groups is 1. The summed E-state index contributed by atoms with van der Waals surface area (Å²) in [6, 6.07) is 0.307. The fraction of sp³-hybridized carbons (Fsp3) is 0.706. The summed E-state index contributed by atoms with van der Waals surface area (Å²) in [4.78, 5) is 38.8. The second-order valence-electron chi connectivity index (χ2n) is 7.06. The first kappa shape index (κ1) is 20.1. The van der Waals surface area contributed by atoms with Crippen LogP contribution in [-0.2, 0) is 14.4 Å². The van der Waals surface area contributed by atoms with Crippen LogP contribution in [0.2, 0.25) is 0 Å². The molecule has 3 rings (SSSR count). The summed E-state index contributed by atoms with van der Waals surface area (Å²) in [5.74, 6) is -0.796. The molecule has 148 valence electrons. The third kappa shape index (κ3) is 4.43. The standard InChI is InChI=1S/C17H25N5O3S2/c1-3-11(2)18-15-20-21-16(27-15)26-10-13(24)22-9-12(23)19-14(25)17(22)7-5-4-6-8-17/h11H,3-10H2,1-2H3,(H,18,20)(H,19,23,25). The van der Waals surface area contributed by atoms with E-state index in [1.54, 1.807) is 0 Å². The lowest BCUT2D eigenvalue weighted by Gasteiger charge is -2.47. The molecule has 0 radical (unpaired) electrons. The van der Waals surface area contributed by atoms with E-state index in [-0.39, 0.29) is 24.1 Å². The fourth-order valence-corrected chi connectivity index (χ4v) is 5.24. The minimum atomic E-state index is -0.867. The van der Waals surface area contributed by atoms with Gasteiger partial charge in [-0.3, -0.25) is 19.7 Å². The van der Waals surface area contributed by atoms with E-state index in [0.717, 1.165) is 30.8 Å². The maximum absolute atomic E-state index is 12.9. The molecule has 27 heavy (non-hydrogen) atoms. The number of nitrogens with zero attached hydrogens (tertiary/aromatic N) is 3. The first-order chi connectivity index (χ1) is 12.9. The van der Waals surface area contributed by atoms with E-state index in [1.807, 2.05) is 0 Å². The van der Waals surface area contributed by atoms with Crippen LogP contribution in [0.3, 0.4) is 0 Å². The van der Waals surface area contributed by atoms with Crippen molar-refractivity contribution in [3.8, 4) is 0 Å². The molecule has 1 aromatic rings. The van der Waals surface area contributed by atoms with Crippen LogP contribution >= 0.6 is 23.1 Å². The SMILES string of the molecule is CCC(C)Nc1nnc(SCC(=O)N2CC(=O)NC(=O)C23CCCCC3)s1. The van der Waals surface area contributed by atoms with Crippen molar-refractivity contribution in [1.29, 1.82) is 0 Å². The van der Waals surface area contributed by atoms with Gasteiger partial charge < -0.3 is 10.2 Å². The smallest absolute Gasteiger partial charge is 0.252 e. The van der Waals surface area contributed by atoms with Crippen molar-refractivity contribution < 1.29 is 14.4 Å². The van der Waals surface area contributed by atoms with Crippen molar-refractivity contribution in [2.75, 3.05) is 17.6 Å². The minimum absolute atomic E-state index is 0.0535. The quantitative estimate of drug-likeness (QED) is 0.545. The van der Waals surface area contributed by atoms with Crippen molar-refractivity contribution in [2.24, 2.45) is 0 Å². The summed E-state index contributed by atoms with van der Waals surface area (Å²) in [5.41, 5.74) is -0.867. The summed E-state index contributed by atoms with van der Waals surface area (Å²) in [6.07, 6.45) is 5.04. The Morgan fingerprint density at radius 3 is 2.78 bits per heavy atom. The van der Waals surface area contributed by atoms with Crippen LogP contribution < -0.4 is 10.6 Å². The predicted octanol–water partition coefficient (Wildman–Crippen LogP) is 2.03. The van der Waals surface area contributed by atoms with Gasteiger partial charge in [0.15, 0.2) is 4.34 Å². The highest BCUT2D eigenvalue weighted by Gasteiger charge is 2.50. The molecule has 2 heterocycles. The first-order valence-corrected chi connectivity index (χ1v) is 11.1. The molecule has 8 nitrogen and oxygen atoms in total. The number of nitrogens with one attached hydrogen (secondary N) is 2. The number of aromatic nitrogens is 2. The Morgan fingerprint density at radius 2 is 2.07 bits per heavy atom. The largest absolute Gasteiger partial charge is 0.358 e. The summed E-state index contributed by atoms with van der Waals surface area (Å²) in [7, 11) is 0. The van der Waals surface area contributed by atoms with Crippen LogP contribution in [0.4, 0.5) is 5.13 Å². The molecule has 2 N–H and O–H groups in total. The van der Waals surface area contributed by atoms with Gasteiger partial charge in [-0.05, 0) is 26.2 Å². The first-order valence-electron chi connectivity index (χ1n) is 9.32. The topological polar surface area (TPSA) is 104 Å². The normalized spacial score (nSPS) is 20.4. The third-order valence-corrected chi connectivity index (χ3v) is 7.16. The van der Waals surface area contributed by atoms with E-state index in [0.29, 0.717) is 23.2 Å². The molecule has 0 bridgehead atoms. The molecule has 2 aliphatic rings. The second-order valence-corrected chi connectivity index (χ2v) is 9.26. The van der Waals surface area contributed by atoms with E-state index in [4.69, 9.17) is 0 Å². The van der Waals surface area contributed by atoms with Crippen molar-refractivity contribution in [2.45, 2.75) is 68.3 Å². The van der Waals surface area contributed by atoms with Crippen molar-refractivity contribution in [3.05, 3.63) is 0 Å². The zero-order valence-electron chi connectivity index (χ0n) is 15.6. The lowest BCUT2D eigenvalue weighted by Crippen LogP contribution is -2.69. The molecule has 1 saturated carbocycles. The number of hydrogen-bond donors (Lipinski definition) is 2. The van der Waals surface area contributed by atoms with Gasteiger partial charge in [-0.15, -0.1) is 10.2 Å². The average molecular weight is 412 g/mol. The highest BCUT2D eigenvalue weighted by Crippen LogP contribution is 2.36. The van der Waals surface area contributed by atoms with Crippen molar-refractivity contribution >= 4 is 46.0 Å². The monoisotopic (exact) mass is 411 g/mol. The van der Waals surface area contributed by atoms with Gasteiger partial charge >= 0.3 is 0 Å². The number of hydrogen-bond acceptors (Lipinski definition) is 8. The van der Waals surface area contributed by atoms with Crippen LogP contribution in [-0.4, -0.2) is 56.7 Å². The van der Waals surface area contributed by atoms with Gasteiger partial charge in [-0.25, -0.2) is 0 Å². The van der Waals surface area contributed by atoms with E-state index in [1.165, 1.54) is 28.0 Å². The Morgan fingerprint density at radius 1 is 1.33 bits per heavy atom. The van der Waals surface area contributed by atoms with Gasteiger partial charge in [0.25, 0.3) is 5.91 Å². The number of anilines is 1. The third-order valence-electron chi connectivity index (χ3n) is 5.18. The zero-order valence-corrected chi connectivity index (χ0v) is 17.3. The lowest BCUT2D eigenvalue weighted by atomic mass is 9.78. The zero-order chi connectivity index (χ0) is 19.4. The van der Waals surface area contributed by atoms with Crippen LogP contribution in [0.1, 0.15) is 52.4 Å². The maximum Gasteiger partial charge on any atom is 0.252 e. The Bertz CT molecular complexity index is 717. The molecule has 1 unspecified atom stereocenters. The summed E-state index contributed by atoms with van der Waals surface area (Å²) in [6.45, 7) is 4.10. The molecular formula is C17H25N5O3S2. The molecule has 1 spiro atoms. The predicted molar refractivity (Wildman–Crippen MR) is 105 cm³/mol. The molecule has 0 aromatic carbocycles. The lowest BCUT2D eigenvalue weighted by molar-refractivity contribution is -0.158. The average Bonchev–Trinajstić information content (AvgIpc) is 3.11. The molecule has 2 fully saturated rings. The number of carbonyl (C=O) groups excluding carboxylic acids is 3. The Kier molecular flexibility index (Phi) is 6.36. The molecule has 1 atom stereocenters. The molecule has 3 amide bonds. The fourth-order valence-electron chi connectivity index (χ4n) is 3.50. The van der Waals surface area contributed by atoms with Crippen LogP contribution in [0.15, 0.2) is 4.34 Å². The molecule has 1 aromatic heterocycles. The van der Waals surface area contributed by atoms with Gasteiger partial charge in [0.1, 0.15) is 12.1 Å². The Labute approximate surface area is 166 Å². The maximum atomic E-state index is 12.9. The molecule has 1 aliphatic carbocycles. The van der Waals surface area contributed by atoms with Crippen LogP contribution in [0.5, 0.6) is 0 Å². The molecule has 1 aliphatic heterocycles. The van der Waals surface area contributed by atoms with Gasteiger partial charge in [0.2, 0.25) is 16.9 Å². The number of carbonyl (C=O) groups is 3. The van der Waals surface area contributed by atoms with Crippen LogP contribution in [0.25, 0.3) is 0 Å². The summed E-state index contributed by atoms with van der Waals surface area (Å²) in [5, 5.41) is 14.6. The number of piperazine rings is 1. The van der Waals surface area contributed by atoms with E-state index in [9.17, 15) is 14.4 Å². The van der Waals surface area contributed by atoms with E-state index < -0.39 is 11.4 Å². The number of rotatable bonds is 6. The molecule has 10 heteroatoms. The second kappa shape index (κ2) is 8.55. The number of thioether (sulfide) groups is 1. The van der Waals surface area contributed by atoms with Gasteiger partial charge in [-0.2, -0.15) is 0 Å². The number of amides is 3. The highest BCUT2D eigenvalue weighted by atomic mass is 32.2.